The van der Waals surface area contributed by atoms with Crippen molar-refractivity contribution in [1.82, 2.24) is 0 Å². The van der Waals surface area contributed by atoms with Crippen LogP contribution in [0, 0.1) is 11.6 Å². The highest BCUT2D eigenvalue weighted by Crippen LogP contribution is 2.32. The second-order valence-corrected chi connectivity index (χ2v) is 6.08. The molecule has 3 rings (SSSR count). The zero-order valence-corrected chi connectivity index (χ0v) is 13.7. The third kappa shape index (κ3) is 3.77. The molecule has 1 aliphatic rings. The molecule has 1 amide bonds. The molecular weight excluding hydrogens is 324 g/mol. The highest BCUT2D eigenvalue weighted by atomic mass is 19.1. The number of halogens is 2. The van der Waals surface area contributed by atoms with E-state index in [4.69, 9.17) is 0 Å². The molecule has 2 aromatic rings. The number of hydrogen-bond donors (Lipinski definition) is 2. The average Bonchev–Trinajstić information content (AvgIpc) is 2.62. The smallest absolute Gasteiger partial charge is 0.261 e. The SMILES string of the molecule is O=C(Nc1ccc(C2=C(CO)CCCC2)cc1)c1c(F)cccc1F. The Morgan fingerprint density at radius 1 is 1.00 bits per heavy atom. The van der Waals surface area contributed by atoms with Crippen LogP contribution in [0.5, 0.6) is 0 Å². The molecule has 0 fully saturated rings. The first-order chi connectivity index (χ1) is 12.1. The summed E-state index contributed by atoms with van der Waals surface area (Å²) in [5.74, 6) is -2.61. The van der Waals surface area contributed by atoms with Gasteiger partial charge in [0, 0.05) is 5.69 Å². The Balaban J connectivity index is 1.79. The zero-order valence-electron chi connectivity index (χ0n) is 13.7. The van der Waals surface area contributed by atoms with Crippen LogP contribution in [0.2, 0.25) is 0 Å². The van der Waals surface area contributed by atoms with Gasteiger partial charge in [-0.3, -0.25) is 4.79 Å². The molecule has 2 aromatic carbocycles. The van der Waals surface area contributed by atoms with Crippen LogP contribution >= 0.6 is 0 Å². The highest BCUT2D eigenvalue weighted by molar-refractivity contribution is 6.04. The number of amides is 1. The van der Waals surface area contributed by atoms with Gasteiger partial charge in [0.25, 0.3) is 5.91 Å². The topological polar surface area (TPSA) is 49.3 Å². The first kappa shape index (κ1) is 17.3. The second-order valence-electron chi connectivity index (χ2n) is 6.08. The molecule has 0 radical (unpaired) electrons. The maximum atomic E-state index is 13.7. The van der Waals surface area contributed by atoms with Crippen LogP contribution in [-0.2, 0) is 0 Å². The van der Waals surface area contributed by atoms with E-state index in [9.17, 15) is 18.7 Å². The van der Waals surface area contributed by atoms with Gasteiger partial charge in [-0.1, -0.05) is 18.2 Å². The van der Waals surface area contributed by atoms with Crippen molar-refractivity contribution in [1.29, 1.82) is 0 Å². The van der Waals surface area contributed by atoms with E-state index in [-0.39, 0.29) is 6.61 Å². The number of carbonyl (C=O) groups excluding carboxylic acids is 1. The van der Waals surface area contributed by atoms with Gasteiger partial charge in [0.05, 0.1) is 6.61 Å². The monoisotopic (exact) mass is 343 g/mol. The summed E-state index contributed by atoms with van der Waals surface area (Å²) in [6, 6.07) is 10.4. The van der Waals surface area contributed by atoms with Gasteiger partial charge in [0.1, 0.15) is 17.2 Å². The Bertz CT molecular complexity index is 793. The minimum atomic E-state index is -0.894. The fourth-order valence-corrected chi connectivity index (χ4v) is 3.15. The third-order valence-electron chi connectivity index (χ3n) is 4.45. The zero-order chi connectivity index (χ0) is 17.8. The maximum absolute atomic E-state index is 13.7. The molecule has 2 N–H and O–H groups in total. The van der Waals surface area contributed by atoms with E-state index in [1.807, 2.05) is 12.1 Å². The van der Waals surface area contributed by atoms with Crippen molar-refractivity contribution in [3.63, 3.8) is 0 Å². The quantitative estimate of drug-likeness (QED) is 0.856. The summed E-state index contributed by atoms with van der Waals surface area (Å²) in [5.41, 5.74) is 3.06. The van der Waals surface area contributed by atoms with E-state index >= 15 is 0 Å². The fraction of sp³-hybridized carbons (Fsp3) is 0.250. The fourth-order valence-electron chi connectivity index (χ4n) is 3.15. The molecular formula is C20H19F2NO2. The van der Waals surface area contributed by atoms with Gasteiger partial charge in [-0.2, -0.15) is 0 Å². The number of hydrogen-bond acceptors (Lipinski definition) is 2. The second kappa shape index (κ2) is 7.57. The number of rotatable bonds is 4. The molecule has 3 nitrogen and oxygen atoms in total. The van der Waals surface area contributed by atoms with Gasteiger partial charge in [-0.25, -0.2) is 8.78 Å². The van der Waals surface area contributed by atoms with Crippen molar-refractivity contribution < 1.29 is 18.7 Å². The van der Waals surface area contributed by atoms with Gasteiger partial charge < -0.3 is 10.4 Å². The summed E-state index contributed by atoms with van der Waals surface area (Å²) >= 11 is 0. The lowest BCUT2D eigenvalue weighted by Crippen LogP contribution is -2.15. The van der Waals surface area contributed by atoms with Crippen molar-refractivity contribution in [3.05, 3.63) is 70.8 Å². The van der Waals surface area contributed by atoms with Crippen molar-refractivity contribution in [2.75, 3.05) is 11.9 Å². The summed E-state index contributed by atoms with van der Waals surface area (Å²) in [6.07, 6.45) is 3.99. The molecule has 0 saturated carbocycles. The number of aliphatic hydroxyl groups excluding tert-OH is 1. The van der Waals surface area contributed by atoms with Gasteiger partial charge in [0.15, 0.2) is 0 Å². The Morgan fingerprint density at radius 2 is 1.64 bits per heavy atom. The lowest BCUT2D eigenvalue weighted by atomic mass is 9.87. The molecule has 1 aliphatic carbocycles. The molecule has 0 heterocycles. The number of anilines is 1. The Hall–Kier alpha value is -2.53. The average molecular weight is 343 g/mol. The van der Waals surface area contributed by atoms with E-state index in [1.165, 1.54) is 6.07 Å². The van der Waals surface area contributed by atoms with Crippen LogP contribution in [0.4, 0.5) is 14.5 Å². The molecule has 0 saturated heterocycles. The largest absolute Gasteiger partial charge is 0.392 e. The molecule has 0 spiro atoms. The van der Waals surface area contributed by atoms with Crippen LogP contribution in [0.25, 0.3) is 5.57 Å². The number of allylic oxidation sites excluding steroid dienone is 1. The first-order valence-electron chi connectivity index (χ1n) is 8.27. The summed E-state index contributed by atoms with van der Waals surface area (Å²) in [4.78, 5) is 12.1. The minimum absolute atomic E-state index is 0.0559. The third-order valence-corrected chi connectivity index (χ3v) is 4.45. The first-order valence-corrected chi connectivity index (χ1v) is 8.27. The van der Waals surface area contributed by atoms with Crippen LogP contribution < -0.4 is 5.32 Å². The van der Waals surface area contributed by atoms with Gasteiger partial charge >= 0.3 is 0 Å². The number of benzene rings is 2. The highest BCUT2D eigenvalue weighted by Gasteiger charge is 2.17. The summed E-state index contributed by atoms with van der Waals surface area (Å²) in [5, 5.41) is 12.0. The maximum Gasteiger partial charge on any atom is 0.261 e. The van der Waals surface area contributed by atoms with Crippen molar-refractivity contribution >= 4 is 17.2 Å². The minimum Gasteiger partial charge on any atom is -0.392 e. The normalized spacial score (nSPS) is 14.5. The van der Waals surface area contributed by atoms with Crippen LogP contribution in [0.15, 0.2) is 48.0 Å². The Morgan fingerprint density at radius 3 is 2.28 bits per heavy atom. The molecule has 0 atom stereocenters. The van der Waals surface area contributed by atoms with Crippen LogP contribution in [0.1, 0.15) is 41.6 Å². The van der Waals surface area contributed by atoms with E-state index in [0.29, 0.717) is 5.69 Å². The van der Waals surface area contributed by atoms with Gasteiger partial charge in [-0.05, 0) is 66.7 Å². The van der Waals surface area contributed by atoms with E-state index in [2.05, 4.69) is 5.32 Å². The lowest BCUT2D eigenvalue weighted by molar-refractivity contribution is 0.101. The summed E-state index contributed by atoms with van der Waals surface area (Å²) in [7, 11) is 0. The van der Waals surface area contributed by atoms with E-state index in [1.54, 1.807) is 12.1 Å². The van der Waals surface area contributed by atoms with E-state index in [0.717, 1.165) is 54.5 Å². The lowest BCUT2D eigenvalue weighted by Gasteiger charge is -2.19. The van der Waals surface area contributed by atoms with Crippen LogP contribution in [-0.4, -0.2) is 17.6 Å². The van der Waals surface area contributed by atoms with Crippen molar-refractivity contribution in [3.8, 4) is 0 Å². The summed E-state index contributed by atoms with van der Waals surface area (Å²) in [6.45, 7) is 0.0559. The molecule has 5 heteroatoms. The van der Waals surface area contributed by atoms with Gasteiger partial charge in [-0.15, -0.1) is 0 Å². The Kier molecular flexibility index (Phi) is 5.24. The predicted molar refractivity (Wildman–Crippen MR) is 93.2 cm³/mol. The molecule has 130 valence electrons. The number of aliphatic hydroxyl groups is 1. The number of nitrogens with one attached hydrogen (secondary N) is 1. The molecule has 0 aliphatic heterocycles. The molecule has 0 aromatic heterocycles. The van der Waals surface area contributed by atoms with Gasteiger partial charge in [0.2, 0.25) is 0 Å². The standard InChI is InChI=1S/C20H19F2NO2/c21-17-6-3-7-18(22)19(17)20(25)23-15-10-8-13(9-11-15)16-5-2-1-4-14(16)12-24/h3,6-11,24H,1-2,4-5,12H2,(H,23,25). The molecule has 25 heavy (non-hydrogen) atoms. The van der Waals surface area contributed by atoms with Crippen molar-refractivity contribution in [2.24, 2.45) is 0 Å². The Labute approximate surface area is 145 Å². The number of carbonyl (C=O) groups is 1. The van der Waals surface area contributed by atoms with E-state index < -0.39 is 23.1 Å². The van der Waals surface area contributed by atoms with Crippen molar-refractivity contribution in [2.45, 2.75) is 25.7 Å². The molecule has 0 bridgehead atoms. The predicted octanol–water partition coefficient (Wildman–Crippen LogP) is 4.54. The summed E-state index contributed by atoms with van der Waals surface area (Å²) < 4.78 is 27.3. The molecule has 0 unspecified atom stereocenters. The van der Waals surface area contributed by atoms with Crippen LogP contribution in [0.3, 0.4) is 0 Å².